The van der Waals surface area contributed by atoms with Crippen LogP contribution < -0.4 is 4.74 Å². The molecule has 2 heterocycles. The molecular formula is C26H30O13. The first kappa shape index (κ1) is 28.9. The van der Waals surface area contributed by atoms with Gasteiger partial charge in [-0.3, -0.25) is 4.79 Å². The van der Waals surface area contributed by atoms with Crippen LogP contribution in [0.4, 0.5) is 0 Å². The van der Waals surface area contributed by atoms with Crippen LogP contribution in [-0.2, 0) is 14.2 Å². The molecule has 0 bridgehead atoms. The number of benzene rings is 2. The molecule has 13 heteroatoms. The Bertz CT molecular complexity index is 1170. The zero-order chi connectivity index (χ0) is 28.3. The minimum Gasteiger partial charge on any atom is -0.508 e. The number of aliphatic hydroxyl groups excluding tert-OH is 5. The molecule has 2 aliphatic rings. The van der Waals surface area contributed by atoms with Gasteiger partial charge >= 0.3 is 0 Å². The van der Waals surface area contributed by atoms with Crippen molar-refractivity contribution in [3.8, 4) is 17.2 Å². The van der Waals surface area contributed by atoms with Crippen LogP contribution in [0.25, 0.3) is 6.08 Å². The number of hydrogen-bond donors (Lipinski definition) is 8. The number of ketones is 1. The molecule has 212 valence electrons. The number of ether oxygens (including phenoxy) is 4. The summed E-state index contributed by atoms with van der Waals surface area (Å²) < 4.78 is 22.2. The minimum atomic E-state index is -1.99. The van der Waals surface area contributed by atoms with E-state index in [9.17, 15) is 45.6 Å². The van der Waals surface area contributed by atoms with E-state index in [-0.39, 0.29) is 22.8 Å². The third-order valence-corrected chi connectivity index (χ3v) is 6.50. The van der Waals surface area contributed by atoms with E-state index in [0.29, 0.717) is 5.56 Å². The Morgan fingerprint density at radius 3 is 2.36 bits per heavy atom. The Morgan fingerprint density at radius 1 is 1.03 bits per heavy atom. The largest absolute Gasteiger partial charge is 0.508 e. The molecular weight excluding hydrogens is 520 g/mol. The summed E-state index contributed by atoms with van der Waals surface area (Å²) in [4.78, 5) is 12.4. The number of rotatable bonds is 9. The van der Waals surface area contributed by atoms with Crippen LogP contribution in [0.1, 0.15) is 15.9 Å². The summed E-state index contributed by atoms with van der Waals surface area (Å²) in [6, 6.07) is 9.84. The van der Waals surface area contributed by atoms with Crippen molar-refractivity contribution < 1.29 is 64.6 Å². The van der Waals surface area contributed by atoms with Gasteiger partial charge in [0.2, 0.25) is 6.29 Å². The van der Waals surface area contributed by atoms with E-state index in [4.69, 9.17) is 18.9 Å². The fourth-order valence-electron chi connectivity index (χ4n) is 4.14. The van der Waals surface area contributed by atoms with Gasteiger partial charge in [-0.2, -0.15) is 0 Å². The summed E-state index contributed by atoms with van der Waals surface area (Å²) >= 11 is 0. The zero-order valence-electron chi connectivity index (χ0n) is 20.5. The highest BCUT2D eigenvalue weighted by atomic mass is 16.8. The van der Waals surface area contributed by atoms with Crippen LogP contribution in [0, 0.1) is 0 Å². The van der Waals surface area contributed by atoms with Gasteiger partial charge in [0.25, 0.3) is 0 Å². The van der Waals surface area contributed by atoms with E-state index >= 15 is 0 Å². The van der Waals surface area contributed by atoms with E-state index in [1.165, 1.54) is 36.4 Å². The first-order chi connectivity index (χ1) is 18.6. The number of phenolic OH excluding ortho intramolecular Hbond substituents is 2. The molecule has 0 unspecified atom stereocenters. The van der Waals surface area contributed by atoms with Crippen molar-refractivity contribution in [2.75, 3.05) is 19.8 Å². The first-order valence-corrected chi connectivity index (χ1v) is 12.0. The van der Waals surface area contributed by atoms with Gasteiger partial charge < -0.3 is 59.8 Å². The Hall–Kier alpha value is -3.11. The van der Waals surface area contributed by atoms with Crippen molar-refractivity contribution in [3.05, 3.63) is 59.7 Å². The van der Waals surface area contributed by atoms with Crippen LogP contribution in [0.2, 0.25) is 0 Å². The molecule has 0 aliphatic carbocycles. The molecule has 0 amide bonds. The second kappa shape index (κ2) is 12.0. The predicted octanol–water partition coefficient (Wildman–Crippen LogP) is -1.36. The quantitative estimate of drug-likeness (QED) is 0.134. The Morgan fingerprint density at radius 2 is 1.74 bits per heavy atom. The molecule has 2 aliphatic heterocycles. The standard InChI is InChI=1S/C26H30O13/c27-10-19-20(32)21(33)22(39-25-23(34)26(35,11-28)12-36-25)24(38-19)37-15-5-1-13(2-6-15)3-8-17(30)16-7-4-14(29)9-18(16)31/h1-9,19-25,27-29,31-35H,10-12H2/t19-,20-,21+,22-,23+,24-,25-,26-/m0/s1. The maximum Gasteiger partial charge on any atom is 0.229 e. The number of phenols is 2. The monoisotopic (exact) mass is 550 g/mol. The molecule has 4 rings (SSSR count). The smallest absolute Gasteiger partial charge is 0.229 e. The number of aliphatic hydroxyl groups is 6. The number of carbonyl (C=O) groups excluding carboxylic acids is 1. The second-order valence-electron chi connectivity index (χ2n) is 9.28. The van der Waals surface area contributed by atoms with Gasteiger partial charge in [0.15, 0.2) is 18.2 Å². The molecule has 0 saturated carbocycles. The lowest BCUT2D eigenvalue weighted by atomic mass is 9.98. The summed E-state index contributed by atoms with van der Waals surface area (Å²) in [5.74, 6) is -0.810. The number of aromatic hydroxyl groups is 2. The van der Waals surface area contributed by atoms with Gasteiger partial charge in [0.1, 0.15) is 47.3 Å². The van der Waals surface area contributed by atoms with Gasteiger partial charge in [-0.15, -0.1) is 0 Å². The molecule has 0 aromatic heterocycles. The van der Waals surface area contributed by atoms with Crippen LogP contribution in [-0.4, -0.2) is 115 Å². The van der Waals surface area contributed by atoms with Crippen LogP contribution in [0.5, 0.6) is 17.2 Å². The zero-order valence-corrected chi connectivity index (χ0v) is 20.5. The Labute approximate surface area is 222 Å². The van der Waals surface area contributed by atoms with Gasteiger partial charge in [-0.25, -0.2) is 0 Å². The van der Waals surface area contributed by atoms with E-state index in [2.05, 4.69) is 0 Å². The topological polar surface area (TPSA) is 216 Å². The molecule has 2 fully saturated rings. The third-order valence-electron chi connectivity index (χ3n) is 6.50. The van der Waals surface area contributed by atoms with Crippen molar-refractivity contribution >= 4 is 11.9 Å². The maximum absolute atomic E-state index is 12.4. The number of allylic oxidation sites excluding steroid dienone is 1. The molecule has 2 aromatic rings. The molecule has 13 nitrogen and oxygen atoms in total. The average molecular weight is 551 g/mol. The molecule has 2 saturated heterocycles. The van der Waals surface area contributed by atoms with Crippen LogP contribution in [0.3, 0.4) is 0 Å². The minimum absolute atomic E-state index is 0.0115. The number of carbonyl (C=O) groups is 1. The fourth-order valence-corrected chi connectivity index (χ4v) is 4.14. The highest BCUT2D eigenvalue weighted by Crippen LogP contribution is 2.32. The van der Waals surface area contributed by atoms with Crippen molar-refractivity contribution in [3.63, 3.8) is 0 Å². The highest BCUT2D eigenvalue weighted by molar-refractivity contribution is 6.08. The Balaban J connectivity index is 1.46. The van der Waals surface area contributed by atoms with Gasteiger partial charge in [0.05, 0.1) is 25.4 Å². The summed E-state index contributed by atoms with van der Waals surface area (Å²) in [5, 5.41) is 79.6. The second-order valence-corrected chi connectivity index (χ2v) is 9.28. The highest BCUT2D eigenvalue weighted by Gasteiger charge is 2.53. The van der Waals surface area contributed by atoms with E-state index in [0.717, 1.165) is 6.07 Å². The summed E-state index contributed by atoms with van der Waals surface area (Å²) in [5.41, 5.74) is -1.39. The van der Waals surface area contributed by atoms with Crippen LogP contribution in [0.15, 0.2) is 48.5 Å². The summed E-state index contributed by atoms with van der Waals surface area (Å²) in [6.07, 6.45) is -7.74. The van der Waals surface area contributed by atoms with Crippen LogP contribution >= 0.6 is 0 Å². The van der Waals surface area contributed by atoms with Crippen molar-refractivity contribution in [1.82, 2.24) is 0 Å². The van der Waals surface area contributed by atoms with E-state index in [1.807, 2.05) is 0 Å². The molecule has 39 heavy (non-hydrogen) atoms. The lowest BCUT2D eigenvalue weighted by molar-refractivity contribution is -0.318. The van der Waals surface area contributed by atoms with Crippen molar-refractivity contribution in [2.45, 2.75) is 48.7 Å². The van der Waals surface area contributed by atoms with Crippen molar-refractivity contribution in [2.24, 2.45) is 0 Å². The summed E-state index contributed by atoms with van der Waals surface area (Å²) in [6.45, 7) is -1.91. The van der Waals surface area contributed by atoms with E-state index in [1.54, 1.807) is 12.1 Å². The maximum atomic E-state index is 12.4. The predicted molar refractivity (Wildman–Crippen MR) is 131 cm³/mol. The fraction of sp³-hybridized carbons (Fsp3) is 0.423. The first-order valence-electron chi connectivity index (χ1n) is 12.0. The average Bonchev–Trinajstić information content (AvgIpc) is 3.21. The molecule has 8 N–H and O–H groups in total. The molecule has 8 atom stereocenters. The normalized spacial score (nSPS) is 32.9. The SMILES string of the molecule is O=C(C=Cc1ccc(O[C@H]2O[C@@H](CO)[C@H](O)[C@@H](O)[C@@H]2O[C@@H]2OC[C@@](O)(CO)[C@@H]2O)cc1)c1ccc(O)cc1O. The molecule has 0 spiro atoms. The van der Waals surface area contributed by atoms with Gasteiger partial charge in [0, 0.05) is 6.07 Å². The molecule has 2 aromatic carbocycles. The van der Waals surface area contributed by atoms with Gasteiger partial charge in [-0.1, -0.05) is 18.2 Å². The lowest BCUT2D eigenvalue weighted by Crippen LogP contribution is -2.62. The Kier molecular flexibility index (Phi) is 8.86. The number of hydrogen-bond acceptors (Lipinski definition) is 13. The molecule has 0 radical (unpaired) electrons. The van der Waals surface area contributed by atoms with Gasteiger partial charge in [-0.05, 0) is 35.9 Å². The van der Waals surface area contributed by atoms with E-state index < -0.39 is 74.3 Å². The summed E-state index contributed by atoms with van der Waals surface area (Å²) in [7, 11) is 0. The lowest BCUT2D eigenvalue weighted by Gasteiger charge is -2.42. The van der Waals surface area contributed by atoms with Crippen molar-refractivity contribution in [1.29, 1.82) is 0 Å². The third kappa shape index (κ3) is 6.22.